The molecule has 3 heterocycles. The zero-order chi connectivity index (χ0) is 25.4. The summed E-state index contributed by atoms with van der Waals surface area (Å²) in [4.78, 5) is 36.4. The summed E-state index contributed by atoms with van der Waals surface area (Å²) in [6, 6.07) is 18.8. The smallest absolute Gasteiger partial charge is 0.268 e. The molecule has 8 heteroatoms. The van der Waals surface area contributed by atoms with Gasteiger partial charge < -0.3 is 10.1 Å². The van der Waals surface area contributed by atoms with Crippen molar-refractivity contribution in [1.29, 1.82) is 0 Å². The standard InChI is InChI=1S/C28H28N4O3S/c1-17-10-12-21(13-11-17)32-26(34)22-14-19-16-35-28(3,4)15-23(19)30-24(22)31-27(32)36-18(2)25(33)29-20-8-6-5-7-9-20/h5-14,18H,15-16H2,1-4H3,(H,29,33)/t18-/m0/s1. The maximum Gasteiger partial charge on any atom is 0.268 e. The fourth-order valence-corrected chi connectivity index (χ4v) is 5.07. The van der Waals surface area contributed by atoms with Crippen molar-refractivity contribution in [2.75, 3.05) is 5.32 Å². The number of ether oxygens (including phenoxy) is 1. The molecule has 4 aromatic rings. The summed E-state index contributed by atoms with van der Waals surface area (Å²) in [5.74, 6) is -0.173. The Kier molecular flexibility index (Phi) is 6.40. The number of hydrogen-bond acceptors (Lipinski definition) is 6. The van der Waals surface area contributed by atoms with Crippen LogP contribution in [0.3, 0.4) is 0 Å². The Hall–Kier alpha value is -3.49. The maximum atomic E-state index is 13.8. The molecule has 0 bridgehead atoms. The number of aryl methyl sites for hydroxylation is 1. The number of carbonyl (C=O) groups excluding carboxylic acids is 1. The summed E-state index contributed by atoms with van der Waals surface area (Å²) in [5.41, 5.74) is 4.13. The second-order valence-corrected chi connectivity index (χ2v) is 11.0. The van der Waals surface area contributed by atoms with Gasteiger partial charge in [-0.25, -0.2) is 9.97 Å². The molecule has 5 rings (SSSR count). The molecular weight excluding hydrogens is 472 g/mol. The van der Waals surface area contributed by atoms with Crippen molar-refractivity contribution in [3.05, 3.63) is 87.8 Å². The number of hydrogen-bond donors (Lipinski definition) is 1. The largest absolute Gasteiger partial charge is 0.370 e. The van der Waals surface area contributed by atoms with Gasteiger partial charge in [0.1, 0.15) is 0 Å². The first-order valence-electron chi connectivity index (χ1n) is 11.9. The highest BCUT2D eigenvalue weighted by Crippen LogP contribution is 2.30. The molecule has 0 radical (unpaired) electrons. The number of aromatic nitrogens is 3. The quantitative estimate of drug-likeness (QED) is 0.305. The minimum atomic E-state index is -0.504. The topological polar surface area (TPSA) is 86.1 Å². The number of fused-ring (bicyclic) bond motifs is 2. The second-order valence-electron chi connectivity index (χ2n) is 9.68. The molecule has 36 heavy (non-hydrogen) atoms. The molecule has 1 atom stereocenters. The zero-order valence-corrected chi connectivity index (χ0v) is 21.6. The third kappa shape index (κ3) is 4.92. The fraction of sp³-hybridized carbons (Fsp3) is 0.286. The summed E-state index contributed by atoms with van der Waals surface area (Å²) < 4.78 is 7.51. The second kappa shape index (κ2) is 9.52. The molecular formula is C28H28N4O3S. The van der Waals surface area contributed by atoms with Crippen LogP contribution in [0.15, 0.2) is 70.6 Å². The van der Waals surface area contributed by atoms with E-state index in [1.807, 2.05) is 81.4 Å². The summed E-state index contributed by atoms with van der Waals surface area (Å²) in [5, 5.41) is 3.28. The van der Waals surface area contributed by atoms with Crippen molar-refractivity contribution in [2.45, 2.75) is 56.7 Å². The summed E-state index contributed by atoms with van der Waals surface area (Å²) in [6.45, 7) is 8.26. The molecule has 0 aliphatic carbocycles. The Morgan fingerprint density at radius 3 is 2.56 bits per heavy atom. The van der Waals surface area contributed by atoms with Crippen LogP contribution in [-0.4, -0.2) is 31.3 Å². The van der Waals surface area contributed by atoms with Crippen molar-refractivity contribution in [1.82, 2.24) is 14.5 Å². The lowest BCUT2D eigenvalue weighted by Crippen LogP contribution is -2.33. The minimum absolute atomic E-state index is 0.173. The molecule has 0 spiro atoms. The summed E-state index contributed by atoms with van der Waals surface area (Å²) >= 11 is 1.24. The molecule has 7 nitrogen and oxygen atoms in total. The molecule has 1 amide bonds. The highest BCUT2D eigenvalue weighted by atomic mass is 32.2. The van der Waals surface area contributed by atoms with Gasteiger partial charge in [-0.05, 0) is 58.0 Å². The number of nitrogens with zero attached hydrogens (tertiary/aromatic N) is 3. The van der Waals surface area contributed by atoms with Crippen molar-refractivity contribution < 1.29 is 9.53 Å². The Bertz CT molecular complexity index is 1500. The monoisotopic (exact) mass is 500 g/mol. The Labute approximate surface area is 213 Å². The van der Waals surface area contributed by atoms with Crippen LogP contribution in [0.5, 0.6) is 0 Å². The normalized spacial score (nSPS) is 15.3. The van der Waals surface area contributed by atoms with E-state index in [1.165, 1.54) is 11.8 Å². The van der Waals surface area contributed by atoms with Gasteiger partial charge in [-0.3, -0.25) is 14.2 Å². The Balaban J connectivity index is 1.59. The van der Waals surface area contributed by atoms with E-state index >= 15 is 0 Å². The molecule has 0 saturated heterocycles. The van der Waals surface area contributed by atoms with Crippen LogP contribution in [0, 0.1) is 6.92 Å². The maximum absolute atomic E-state index is 13.8. The average Bonchev–Trinajstić information content (AvgIpc) is 2.84. The first-order chi connectivity index (χ1) is 17.2. The lowest BCUT2D eigenvalue weighted by Gasteiger charge is -2.31. The van der Waals surface area contributed by atoms with Crippen LogP contribution < -0.4 is 10.9 Å². The van der Waals surface area contributed by atoms with E-state index in [2.05, 4.69) is 5.32 Å². The molecule has 1 N–H and O–H groups in total. The van der Waals surface area contributed by atoms with Crippen LogP contribution >= 0.6 is 11.8 Å². The molecule has 1 aliphatic heterocycles. The number of benzene rings is 2. The highest BCUT2D eigenvalue weighted by molar-refractivity contribution is 8.00. The average molecular weight is 501 g/mol. The van der Waals surface area contributed by atoms with Gasteiger partial charge in [0.15, 0.2) is 10.8 Å². The minimum Gasteiger partial charge on any atom is -0.370 e. The van der Waals surface area contributed by atoms with E-state index in [4.69, 9.17) is 14.7 Å². The lowest BCUT2D eigenvalue weighted by atomic mass is 9.95. The SMILES string of the molecule is Cc1ccc(-n2c(S[C@@H](C)C(=O)Nc3ccccc3)nc3nc4c(cc3c2=O)COC(C)(C)C4)cc1. The Morgan fingerprint density at radius 1 is 1.11 bits per heavy atom. The molecule has 2 aromatic carbocycles. The highest BCUT2D eigenvalue weighted by Gasteiger charge is 2.29. The number of rotatable bonds is 5. The molecule has 0 fully saturated rings. The van der Waals surface area contributed by atoms with E-state index in [0.29, 0.717) is 34.9 Å². The van der Waals surface area contributed by atoms with Crippen LogP contribution in [0.4, 0.5) is 5.69 Å². The number of nitrogens with one attached hydrogen (secondary N) is 1. The number of thioether (sulfide) groups is 1. The zero-order valence-electron chi connectivity index (χ0n) is 20.7. The van der Waals surface area contributed by atoms with Gasteiger partial charge in [-0.2, -0.15) is 0 Å². The number of anilines is 1. The first-order valence-corrected chi connectivity index (χ1v) is 12.8. The number of carbonyl (C=O) groups is 1. The fourth-order valence-electron chi connectivity index (χ4n) is 4.16. The van der Waals surface area contributed by atoms with Gasteiger partial charge in [-0.15, -0.1) is 0 Å². The van der Waals surface area contributed by atoms with E-state index in [-0.39, 0.29) is 17.1 Å². The third-order valence-corrected chi connectivity index (χ3v) is 7.25. The third-order valence-electron chi connectivity index (χ3n) is 6.19. The van der Waals surface area contributed by atoms with Gasteiger partial charge in [0.25, 0.3) is 5.56 Å². The van der Waals surface area contributed by atoms with Gasteiger partial charge in [0.2, 0.25) is 5.91 Å². The molecule has 0 saturated carbocycles. The van der Waals surface area contributed by atoms with E-state index in [0.717, 1.165) is 22.5 Å². The number of pyridine rings is 1. The van der Waals surface area contributed by atoms with E-state index in [1.54, 1.807) is 11.5 Å². The lowest BCUT2D eigenvalue weighted by molar-refractivity contribution is -0.115. The van der Waals surface area contributed by atoms with E-state index < -0.39 is 5.25 Å². The van der Waals surface area contributed by atoms with Crippen molar-refractivity contribution >= 4 is 34.4 Å². The summed E-state index contributed by atoms with van der Waals surface area (Å²) in [7, 11) is 0. The van der Waals surface area contributed by atoms with E-state index in [9.17, 15) is 9.59 Å². The van der Waals surface area contributed by atoms with Gasteiger partial charge in [0.05, 0.1) is 34.2 Å². The number of para-hydroxylation sites is 1. The van der Waals surface area contributed by atoms with Crippen LogP contribution in [-0.2, 0) is 22.6 Å². The molecule has 0 unspecified atom stereocenters. The number of amides is 1. The predicted octanol–water partition coefficient (Wildman–Crippen LogP) is 5.06. The van der Waals surface area contributed by atoms with Crippen LogP contribution in [0.1, 0.15) is 37.6 Å². The van der Waals surface area contributed by atoms with Crippen molar-refractivity contribution in [3.63, 3.8) is 0 Å². The van der Waals surface area contributed by atoms with Gasteiger partial charge in [0, 0.05) is 17.7 Å². The first kappa shape index (κ1) is 24.2. The molecule has 2 aromatic heterocycles. The van der Waals surface area contributed by atoms with Crippen molar-refractivity contribution in [2.24, 2.45) is 0 Å². The predicted molar refractivity (Wildman–Crippen MR) is 143 cm³/mol. The molecule has 184 valence electrons. The Morgan fingerprint density at radius 2 is 1.83 bits per heavy atom. The van der Waals surface area contributed by atoms with Crippen LogP contribution in [0.2, 0.25) is 0 Å². The molecule has 1 aliphatic rings. The van der Waals surface area contributed by atoms with Crippen molar-refractivity contribution in [3.8, 4) is 5.69 Å². The van der Waals surface area contributed by atoms with Crippen LogP contribution in [0.25, 0.3) is 16.7 Å². The summed E-state index contributed by atoms with van der Waals surface area (Å²) in [6.07, 6.45) is 0.638. The van der Waals surface area contributed by atoms with Gasteiger partial charge >= 0.3 is 0 Å². The van der Waals surface area contributed by atoms with Gasteiger partial charge in [-0.1, -0.05) is 47.7 Å².